The van der Waals surface area contributed by atoms with Crippen LogP contribution >= 0.6 is 0 Å². The van der Waals surface area contributed by atoms with Gasteiger partial charge in [0.1, 0.15) is 0 Å². The van der Waals surface area contributed by atoms with Gasteiger partial charge in [0.25, 0.3) is 0 Å². The average molecular weight is 332 g/mol. The van der Waals surface area contributed by atoms with Crippen LogP contribution in [0, 0.1) is 11.3 Å². The molecular formula is C21H20N2O2. The molecule has 126 valence electrons. The first-order valence-corrected chi connectivity index (χ1v) is 8.43. The highest BCUT2D eigenvalue weighted by atomic mass is 16.5. The van der Waals surface area contributed by atoms with Gasteiger partial charge in [-0.05, 0) is 42.2 Å². The number of rotatable bonds is 3. The molecule has 4 heteroatoms. The van der Waals surface area contributed by atoms with Gasteiger partial charge in [-0.2, -0.15) is 5.26 Å². The molecule has 4 nitrogen and oxygen atoms in total. The van der Waals surface area contributed by atoms with E-state index in [0.717, 1.165) is 23.9 Å². The predicted molar refractivity (Wildman–Crippen MR) is 97.2 cm³/mol. The van der Waals surface area contributed by atoms with E-state index in [2.05, 4.69) is 29.3 Å². The Morgan fingerprint density at radius 1 is 1.08 bits per heavy atom. The van der Waals surface area contributed by atoms with Gasteiger partial charge >= 0.3 is 0 Å². The molecule has 4 rings (SSSR count). The van der Waals surface area contributed by atoms with Crippen molar-refractivity contribution in [3.05, 3.63) is 59.3 Å². The number of hydrogen-bond acceptors (Lipinski definition) is 3. The molecule has 1 aromatic heterocycles. The molecular weight excluding hydrogens is 312 g/mol. The Bertz CT molecular complexity index is 983. The fourth-order valence-electron chi connectivity index (χ4n) is 3.96. The molecule has 0 bridgehead atoms. The lowest BCUT2D eigenvalue weighted by Gasteiger charge is -2.31. The highest BCUT2D eigenvalue weighted by molar-refractivity contribution is 5.85. The number of nitrogens with one attached hydrogen (secondary N) is 1. The predicted octanol–water partition coefficient (Wildman–Crippen LogP) is 4.14. The van der Waals surface area contributed by atoms with Gasteiger partial charge in [0.2, 0.25) is 0 Å². The first kappa shape index (κ1) is 15.6. The van der Waals surface area contributed by atoms with Crippen molar-refractivity contribution in [2.45, 2.75) is 24.7 Å². The zero-order valence-electron chi connectivity index (χ0n) is 14.4. The van der Waals surface area contributed by atoms with E-state index in [0.29, 0.717) is 17.9 Å². The van der Waals surface area contributed by atoms with Gasteiger partial charge in [-0.15, -0.1) is 0 Å². The Kier molecular flexibility index (Phi) is 3.65. The summed E-state index contributed by atoms with van der Waals surface area (Å²) in [7, 11) is 3.24. The summed E-state index contributed by atoms with van der Waals surface area (Å²) in [5.41, 5.74) is 4.10. The zero-order valence-corrected chi connectivity index (χ0v) is 14.4. The van der Waals surface area contributed by atoms with E-state index in [4.69, 9.17) is 9.47 Å². The van der Waals surface area contributed by atoms with Gasteiger partial charge in [0.05, 0.1) is 25.7 Å². The van der Waals surface area contributed by atoms with Crippen LogP contribution in [0.15, 0.2) is 42.5 Å². The smallest absolute Gasteiger partial charge is 0.161 e. The number of nitrogens with zero attached hydrogens (tertiary/aromatic N) is 1. The fraction of sp³-hybridized carbons (Fsp3) is 0.286. The number of methoxy groups -OCH3 is 2. The number of aryl methyl sites for hydroxylation is 1. The largest absolute Gasteiger partial charge is 0.493 e. The van der Waals surface area contributed by atoms with Crippen molar-refractivity contribution in [2.24, 2.45) is 0 Å². The molecule has 1 atom stereocenters. The first-order chi connectivity index (χ1) is 12.2. The second kappa shape index (κ2) is 5.86. The van der Waals surface area contributed by atoms with Gasteiger partial charge in [0.15, 0.2) is 11.5 Å². The molecule has 0 saturated carbocycles. The lowest BCUT2D eigenvalue weighted by Crippen LogP contribution is -2.31. The minimum atomic E-state index is -0.548. The molecule has 0 unspecified atom stereocenters. The molecule has 3 aromatic rings. The van der Waals surface area contributed by atoms with Crippen LogP contribution < -0.4 is 9.47 Å². The topological polar surface area (TPSA) is 58.0 Å². The normalized spacial score (nSPS) is 19.2. The number of fused-ring (bicyclic) bond motifs is 3. The van der Waals surface area contributed by atoms with Gasteiger partial charge in [0, 0.05) is 23.0 Å². The lowest BCUT2D eigenvalue weighted by molar-refractivity contribution is 0.352. The maximum absolute atomic E-state index is 10.0. The zero-order chi connectivity index (χ0) is 17.4. The van der Waals surface area contributed by atoms with Gasteiger partial charge in [-0.3, -0.25) is 0 Å². The molecule has 0 radical (unpaired) electrons. The monoisotopic (exact) mass is 332 g/mol. The van der Waals surface area contributed by atoms with Crippen molar-refractivity contribution in [3.8, 4) is 17.6 Å². The van der Waals surface area contributed by atoms with Crippen LogP contribution in [0.5, 0.6) is 11.5 Å². The minimum Gasteiger partial charge on any atom is -0.493 e. The van der Waals surface area contributed by atoms with Gasteiger partial charge < -0.3 is 14.5 Å². The van der Waals surface area contributed by atoms with Crippen molar-refractivity contribution in [1.82, 2.24) is 4.98 Å². The van der Waals surface area contributed by atoms with E-state index in [-0.39, 0.29) is 0 Å². The van der Waals surface area contributed by atoms with Crippen molar-refractivity contribution >= 4 is 10.9 Å². The summed E-state index contributed by atoms with van der Waals surface area (Å²) in [6.07, 6.45) is 2.37. The van der Waals surface area contributed by atoms with E-state index < -0.39 is 5.41 Å². The lowest BCUT2D eigenvalue weighted by atomic mass is 9.70. The van der Waals surface area contributed by atoms with Crippen LogP contribution in [0.1, 0.15) is 23.2 Å². The summed E-state index contributed by atoms with van der Waals surface area (Å²) in [5, 5.41) is 11.3. The molecule has 0 spiro atoms. The molecule has 1 heterocycles. The Balaban J connectivity index is 1.79. The molecule has 0 fully saturated rings. The number of aromatic nitrogens is 1. The maximum Gasteiger partial charge on any atom is 0.161 e. The van der Waals surface area contributed by atoms with Gasteiger partial charge in [-0.1, -0.05) is 24.3 Å². The Labute approximate surface area is 147 Å². The van der Waals surface area contributed by atoms with Crippen LogP contribution in [-0.2, 0) is 18.3 Å². The summed E-state index contributed by atoms with van der Waals surface area (Å²) < 4.78 is 10.8. The highest BCUT2D eigenvalue weighted by Crippen LogP contribution is 2.42. The van der Waals surface area contributed by atoms with Crippen LogP contribution in [0.25, 0.3) is 10.9 Å². The summed E-state index contributed by atoms with van der Waals surface area (Å²) in [6.45, 7) is 0. The van der Waals surface area contributed by atoms with Crippen LogP contribution in [0.3, 0.4) is 0 Å². The molecule has 25 heavy (non-hydrogen) atoms. The number of para-hydroxylation sites is 1. The van der Waals surface area contributed by atoms with E-state index in [1.807, 2.05) is 24.3 Å². The Morgan fingerprint density at radius 3 is 2.64 bits per heavy atom. The number of H-pyrrole nitrogens is 1. The Hall–Kier alpha value is -2.93. The van der Waals surface area contributed by atoms with Crippen LogP contribution in [0.2, 0.25) is 0 Å². The number of ether oxygens (including phenoxy) is 2. The van der Waals surface area contributed by atoms with Crippen molar-refractivity contribution in [3.63, 3.8) is 0 Å². The molecule has 0 saturated heterocycles. The standard InChI is InChI=1S/C21H20N2O2/c1-24-19-8-7-14(11-20(19)25-2)21(13-22)10-9-16-15-5-3-4-6-17(15)23-18(16)12-21/h3-8,11,23H,9-10,12H2,1-2H3/t21-/m0/s1. The van der Waals surface area contributed by atoms with E-state index in [9.17, 15) is 5.26 Å². The number of aromatic amines is 1. The third kappa shape index (κ3) is 2.35. The third-order valence-electron chi connectivity index (χ3n) is 5.33. The highest BCUT2D eigenvalue weighted by Gasteiger charge is 2.38. The molecule has 1 aliphatic rings. The van der Waals surface area contributed by atoms with E-state index in [1.165, 1.54) is 16.6 Å². The summed E-state index contributed by atoms with van der Waals surface area (Å²) in [5.74, 6) is 1.35. The van der Waals surface area contributed by atoms with Crippen molar-refractivity contribution < 1.29 is 9.47 Å². The summed E-state index contributed by atoms with van der Waals surface area (Å²) in [6, 6.07) is 16.8. The fourth-order valence-corrected chi connectivity index (χ4v) is 3.96. The van der Waals surface area contributed by atoms with E-state index >= 15 is 0 Å². The first-order valence-electron chi connectivity index (χ1n) is 8.43. The Morgan fingerprint density at radius 2 is 1.88 bits per heavy atom. The molecule has 1 aliphatic carbocycles. The maximum atomic E-state index is 10.0. The summed E-state index contributed by atoms with van der Waals surface area (Å²) >= 11 is 0. The summed E-state index contributed by atoms with van der Waals surface area (Å²) in [4.78, 5) is 3.52. The number of benzene rings is 2. The number of hydrogen-bond donors (Lipinski definition) is 1. The second-order valence-corrected chi connectivity index (χ2v) is 6.57. The van der Waals surface area contributed by atoms with Crippen molar-refractivity contribution in [2.75, 3.05) is 14.2 Å². The van der Waals surface area contributed by atoms with Gasteiger partial charge in [-0.25, -0.2) is 0 Å². The number of nitriles is 1. The molecule has 0 aliphatic heterocycles. The second-order valence-electron chi connectivity index (χ2n) is 6.57. The van der Waals surface area contributed by atoms with Crippen LogP contribution in [-0.4, -0.2) is 19.2 Å². The van der Waals surface area contributed by atoms with E-state index in [1.54, 1.807) is 14.2 Å². The quantitative estimate of drug-likeness (QED) is 0.784. The average Bonchev–Trinajstić information content (AvgIpc) is 3.04. The molecule has 1 N–H and O–H groups in total. The third-order valence-corrected chi connectivity index (χ3v) is 5.33. The van der Waals surface area contributed by atoms with Crippen molar-refractivity contribution in [1.29, 1.82) is 5.26 Å². The minimum absolute atomic E-state index is 0.548. The molecule has 0 amide bonds. The SMILES string of the molecule is COc1ccc([C@@]2(C#N)CCc3c([nH]c4ccccc34)C2)cc1OC. The molecule has 2 aromatic carbocycles. The van der Waals surface area contributed by atoms with Crippen LogP contribution in [0.4, 0.5) is 0 Å².